The Morgan fingerprint density at radius 3 is 1.50 bits per heavy atom. The summed E-state index contributed by atoms with van der Waals surface area (Å²) in [6.07, 6.45) is -0.174. The summed E-state index contributed by atoms with van der Waals surface area (Å²) in [7, 11) is -1.41. The number of rotatable bonds is 18. The number of hydrogen-bond donors (Lipinski definition) is 3. The van der Waals surface area contributed by atoms with Crippen molar-refractivity contribution in [2.45, 2.75) is 90.0 Å². The number of amides is 3. The Morgan fingerprint density at radius 1 is 0.750 bits per heavy atom. The van der Waals surface area contributed by atoms with Crippen LogP contribution >= 0.6 is 0 Å². The van der Waals surface area contributed by atoms with E-state index in [1.807, 2.05) is 0 Å². The molecule has 0 unspecified atom stereocenters. The van der Waals surface area contributed by atoms with Gasteiger partial charge in [-0.2, -0.15) is 13.2 Å². The number of alkyl halides is 3. The minimum Gasteiger partial charge on any atom is -0.466 e. The molecule has 0 aromatic carbocycles. The number of carbonyl (C=O) groups is 4. The minimum absolute atomic E-state index is 0.00371. The lowest BCUT2D eigenvalue weighted by Crippen LogP contribution is -2.53. The van der Waals surface area contributed by atoms with E-state index in [1.54, 1.807) is 25.2 Å². The van der Waals surface area contributed by atoms with Crippen LogP contribution in [0.2, 0.25) is 25.7 Å². The molecule has 3 N–H and O–H groups in total. The molecular weight excluding hydrogens is 543 g/mol. The number of ether oxygens (including phenoxy) is 1. The fourth-order valence-electron chi connectivity index (χ4n) is 3.94. The third-order valence-corrected chi connectivity index (χ3v) is 8.21. The Labute approximate surface area is 237 Å². The fraction of sp³-hybridized carbons (Fsp3) is 0.643. The normalized spacial score (nSPS) is 16.2. The van der Waals surface area contributed by atoms with E-state index in [4.69, 9.17) is 4.74 Å². The van der Waals surface area contributed by atoms with Crippen LogP contribution in [0.4, 0.5) is 13.2 Å². The van der Waals surface area contributed by atoms with Crippen molar-refractivity contribution in [3.05, 3.63) is 38.0 Å². The van der Waals surface area contributed by atoms with E-state index in [0.717, 1.165) is 6.04 Å². The van der Waals surface area contributed by atoms with E-state index in [-0.39, 0.29) is 19.3 Å². The van der Waals surface area contributed by atoms with Crippen molar-refractivity contribution in [1.29, 1.82) is 0 Å². The van der Waals surface area contributed by atoms with E-state index in [1.165, 1.54) is 19.1 Å². The molecule has 12 heteroatoms. The molecule has 0 radical (unpaired) electrons. The first-order valence-electron chi connectivity index (χ1n) is 13.4. The molecule has 0 saturated carbocycles. The molecule has 8 nitrogen and oxygen atoms in total. The van der Waals surface area contributed by atoms with Gasteiger partial charge < -0.3 is 20.7 Å². The Bertz CT molecular complexity index is 905. The highest BCUT2D eigenvalue weighted by Crippen LogP contribution is 2.20. The predicted molar refractivity (Wildman–Crippen MR) is 153 cm³/mol. The van der Waals surface area contributed by atoms with E-state index < -0.39 is 73.8 Å². The lowest BCUT2D eigenvalue weighted by Gasteiger charge is -2.30. The van der Waals surface area contributed by atoms with E-state index in [9.17, 15) is 32.3 Å². The number of hydrogen-bond acceptors (Lipinski definition) is 5. The predicted octanol–water partition coefficient (Wildman–Crippen LogP) is 4.52. The van der Waals surface area contributed by atoms with Gasteiger partial charge in [0.2, 0.25) is 11.8 Å². The summed E-state index contributed by atoms with van der Waals surface area (Å²) in [5.41, 5.74) is 0. The number of carbonyl (C=O) groups excluding carboxylic acids is 4. The molecule has 0 aromatic rings. The summed E-state index contributed by atoms with van der Waals surface area (Å²) in [5, 5.41) is 7.32. The molecule has 228 valence electrons. The zero-order valence-electron chi connectivity index (χ0n) is 24.5. The molecule has 0 heterocycles. The van der Waals surface area contributed by atoms with Gasteiger partial charge in [0.15, 0.2) is 0 Å². The molecule has 0 aromatic heterocycles. The minimum atomic E-state index is -5.09. The quantitative estimate of drug-likeness (QED) is 0.124. The maximum absolute atomic E-state index is 13.2. The maximum atomic E-state index is 13.2. The molecule has 0 rings (SSSR count). The van der Waals surface area contributed by atoms with E-state index in [2.05, 4.69) is 50.0 Å². The SMILES string of the molecule is C=CC[C@H](C(=O)N[C@@H](C)[C@H](CC=C)C(=O)OCC[Si](C)(C)C)[C@H](C)NC(=O)[C@@H](CC=C)[C@H](C)NC(=O)C(F)(F)F. The highest BCUT2D eigenvalue weighted by molar-refractivity contribution is 6.76. The molecule has 3 amide bonds. The largest absolute Gasteiger partial charge is 0.471 e. The molecule has 40 heavy (non-hydrogen) atoms. The molecule has 0 bridgehead atoms. The zero-order valence-corrected chi connectivity index (χ0v) is 25.5. The molecule has 0 saturated heterocycles. The van der Waals surface area contributed by atoms with Gasteiger partial charge in [-0.15, -0.1) is 19.7 Å². The van der Waals surface area contributed by atoms with Gasteiger partial charge in [0, 0.05) is 26.2 Å². The molecule has 0 aliphatic carbocycles. The third-order valence-electron chi connectivity index (χ3n) is 6.50. The van der Waals surface area contributed by atoms with Crippen LogP contribution in [0, 0.1) is 17.8 Å². The van der Waals surface area contributed by atoms with Crippen LogP contribution in [0.25, 0.3) is 0 Å². The summed E-state index contributed by atoms with van der Waals surface area (Å²) in [6.45, 7) is 22.3. The lowest BCUT2D eigenvalue weighted by molar-refractivity contribution is -0.174. The number of esters is 1. The van der Waals surface area contributed by atoms with Gasteiger partial charge in [-0.25, -0.2) is 0 Å². The van der Waals surface area contributed by atoms with Crippen molar-refractivity contribution < 1.29 is 37.1 Å². The summed E-state index contributed by atoms with van der Waals surface area (Å²) in [6, 6.07) is -1.70. The average molecular weight is 590 g/mol. The Kier molecular flexibility index (Phi) is 15.8. The second-order valence-corrected chi connectivity index (χ2v) is 16.8. The maximum Gasteiger partial charge on any atom is 0.471 e. The van der Waals surface area contributed by atoms with Gasteiger partial charge in [-0.05, 0) is 46.1 Å². The highest BCUT2D eigenvalue weighted by Gasteiger charge is 2.41. The smallest absolute Gasteiger partial charge is 0.466 e. The monoisotopic (exact) mass is 589 g/mol. The van der Waals surface area contributed by atoms with Crippen molar-refractivity contribution in [3.63, 3.8) is 0 Å². The summed E-state index contributed by atoms with van der Waals surface area (Å²) in [4.78, 5) is 50.4. The first kappa shape index (κ1) is 37.1. The van der Waals surface area contributed by atoms with Crippen LogP contribution in [-0.2, 0) is 23.9 Å². The Hall–Kier alpha value is -2.89. The molecule has 0 fully saturated rings. The average Bonchev–Trinajstić information content (AvgIpc) is 2.82. The van der Waals surface area contributed by atoms with Crippen molar-refractivity contribution in [2.24, 2.45) is 17.8 Å². The second-order valence-electron chi connectivity index (χ2n) is 11.2. The topological polar surface area (TPSA) is 114 Å². The van der Waals surface area contributed by atoms with Crippen molar-refractivity contribution in [1.82, 2.24) is 16.0 Å². The number of nitrogens with one attached hydrogen (secondary N) is 3. The van der Waals surface area contributed by atoms with Gasteiger partial charge in [0.1, 0.15) is 0 Å². The standard InChI is InChI=1S/C28H46F3N3O5Si/c1-10-13-21(18(4)32-25(36)22(14-11-2)19(5)34-27(38)28(29,30)31)24(35)33-20(6)23(15-12-3)26(37)39-16-17-40(7,8)9/h10-12,18-23H,1-3,13-17H2,4-9H3,(H,32,36)(H,33,35)(H,34,38)/t18-,19-,20-,21-,22-,23-/m0/s1. The number of allylic oxidation sites excluding steroid dienone is 3. The van der Waals surface area contributed by atoms with Crippen molar-refractivity contribution >= 4 is 31.8 Å². The Morgan fingerprint density at radius 2 is 1.12 bits per heavy atom. The molecular formula is C28H46F3N3O5Si. The first-order valence-corrected chi connectivity index (χ1v) is 17.1. The Balaban J connectivity index is 5.51. The first-order chi connectivity index (χ1) is 18.4. The van der Waals surface area contributed by atoms with Crippen LogP contribution in [0.3, 0.4) is 0 Å². The fourth-order valence-corrected chi connectivity index (χ4v) is 4.65. The van der Waals surface area contributed by atoms with Crippen LogP contribution in [0.5, 0.6) is 0 Å². The second kappa shape index (κ2) is 17.0. The van der Waals surface area contributed by atoms with Gasteiger partial charge in [-0.3, -0.25) is 19.2 Å². The van der Waals surface area contributed by atoms with Crippen LogP contribution < -0.4 is 16.0 Å². The van der Waals surface area contributed by atoms with Crippen LogP contribution in [0.15, 0.2) is 38.0 Å². The molecule has 0 aliphatic heterocycles. The van der Waals surface area contributed by atoms with Gasteiger partial charge in [0.05, 0.1) is 24.4 Å². The summed E-state index contributed by atoms with van der Waals surface area (Å²) < 4.78 is 43.6. The van der Waals surface area contributed by atoms with Gasteiger partial charge in [-0.1, -0.05) is 37.9 Å². The van der Waals surface area contributed by atoms with E-state index >= 15 is 0 Å². The summed E-state index contributed by atoms with van der Waals surface area (Å²) in [5.74, 6) is -6.18. The molecule has 6 atom stereocenters. The van der Waals surface area contributed by atoms with Crippen LogP contribution in [-0.4, -0.2) is 62.7 Å². The summed E-state index contributed by atoms with van der Waals surface area (Å²) >= 11 is 0. The zero-order chi connectivity index (χ0) is 31.3. The highest BCUT2D eigenvalue weighted by atomic mass is 28.3. The number of halogens is 3. The van der Waals surface area contributed by atoms with Crippen LogP contribution in [0.1, 0.15) is 40.0 Å². The van der Waals surface area contributed by atoms with Gasteiger partial charge >= 0.3 is 18.1 Å². The van der Waals surface area contributed by atoms with E-state index in [0.29, 0.717) is 6.61 Å². The molecule has 0 spiro atoms. The van der Waals surface area contributed by atoms with Gasteiger partial charge in [0.25, 0.3) is 0 Å². The van der Waals surface area contributed by atoms with Crippen molar-refractivity contribution in [2.75, 3.05) is 6.61 Å². The third kappa shape index (κ3) is 13.4. The van der Waals surface area contributed by atoms with Crippen molar-refractivity contribution in [3.8, 4) is 0 Å². The lowest BCUT2D eigenvalue weighted by atomic mass is 9.91. The molecule has 0 aliphatic rings.